The number of halogens is 3. The molecule has 1 aliphatic heterocycles. The summed E-state index contributed by atoms with van der Waals surface area (Å²) in [4.78, 5) is 32.7. The van der Waals surface area contributed by atoms with E-state index in [1.807, 2.05) is 31.1 Å². The van der Waals surface area contributed by atoms with E-state index in [-0.39, 0.29) is 65.9 Å². The fourth-order valence-electron chi connectivity index (χ4n) is 5.85. The maximum Gasteiger partial charge on any atom is 0.339 e. The molecule has 296 valence electrons. The summed E-state index contributed by atoms with van der Waals surface area (Å²) in [5.41, 5.74) is -1.23. The molecule has 2 heterocycles. The molecule has 0 N–H and O–H groups in total. The maximum atomic E-state index is 16.0. The Balaban J connectivity index is 1.39. The van der Waals surface area contributed by atoms with Gasteiger partial charge in [0.15, 0.2) is 11.9 Å². The lowest BCUT2D eigenvalue weighted by Gasteiger charge is -2.40. The number of ether oxygens (including phenoxy) is 4. The van der Waals surface area contributed by atoms with Gasteiger partial charge in [0.25, 0.3) is 0 Å². The van der Waals surface area contributed by atoms with Gasteiger partial charge in [-0.15, -0.1) is 11.8 Å². The molecule has 0 amide bonds. The van der Waals surface area contributed by atoms with Gasteiger partial charge in [-0.2, -0.15) is 15.6 Å². The summed E-state index contributed by atoms with van der Waals surface area (Å²) in [5.74, 6) is -3.82. The van der Waals surface area contributed by atoms with Crippen LogP contribution in [0, 0.1) is 40.1 Å². The van der Waals surface area contributed by atoms with E-state index in [1.54, 1.807) is 31.2 Å². The Bertz CT molecular complexity index is 2180. The van der Waals surface area contributed by atoms with Crippen LogP contribution in [0.4, 0.5) is 13.2 Å². The average Bonchev–Trinajstić information content (AvgIpc) is 3.71. The quantitative estimate of drug-likeness (QED) is 0.0921. The molecular formula is C41H39F3N6O6S. The second kappa shape index (κ2) is 19.9. The molecule has 2 unspecified atom stereocenters. The summed E-state index contributed by atoms with van der Waals surface area (Å²) in [6.07, 6.45) is 8.42. The molecule has 1 aromatic heterocycles. The highest BCUT2D eigenvalue weighted by atomic mass is 32.2. The fraction of sp³-hybridized carbons (Fsp3) is 0.317. The SMILES string of the molecule is CC(SC1COC(C=CC=Cc2ccc(C#N)cc2F)OC1)C(Cn1cncn1)(OC(=O)c1cc(C#N)ccc1COC(=O)CCN(C)C)c1ccc(F)cc1F. The number of benzene rings is 3. The molecule has 57 heavy (non-hydrogen) atoms. The van der Waals surface area contributed by atoms with Crippen LogP contribution in [0.5, 0.6) is 0 Å². The average molecular weight is 801 g/mol. The minimum absolute atomic E-state index is 0.0907. The molecule has 16 heteroatoms. The van der Waals surface area contributed by atoms with Gasteiger partial charge in [-0.25, -0.2) is 27.6 Å². The number of allylic oxidation sites excluding steroid dienone is 2. The van der Waals surface area contributed by atoms with Gasteiger partial charge < -0.3 is 23.8 Å². The number of thioether (sulfide) groups is 1. The van der Waals surface area contributed by atoms with Crippen LogP contribution in [-0.2, 0) is 42.5 Å². The Hall–Kier alpha value is -5.78. The first-order chi connectivity index (χ1) is 27.4. The zero-order valence-corrected chi connectivity index (χ0v) is 32.1. The van der Waals surface area contributed by atoms with Crippen molar-refractivity contribution in [3.8, 4) is 12.1 Å². The highest BCUT2D eigenvalue weighted by Crippen LogP contribution is 2.42. The highest BCUT2D eigenvalue weighted by molar-refractivity contribution is 8.00. The van der Waals surface area contributed by atoms with Gasteiger partial charge in [0.2, 0.25) is 0 Å². The van der Waals surface area contributed by atoms with E-state index in [0.717, 1.165) is 12.1 Å². The van der Waals surface area contributed by atoms with Crippen molar-refractivity contribution >= 4 is 29.8 Å². The Morgan fingerprint density at radius 1 is 1.04 bits per heavy atom. The van der Waals surface area contributed by atoms with Crippen LogP contribution in [-0.4, -0.2) is 82.2 Å². The first-order valence-corrected chi connectivity index (χ1v) is 18.6. The Labute approximate surface area is 332 Å². The zero-order valence-electron chi connectivity index (χ0n) is 31.3. The summed E-state index contributed by atoms with van der Waals surface area (Å²) in [5, 5.41) is 21.7. The predicted molar refractivity (Wildman–Crippen MR) is 203 cm³/mol. The highest BCUT2D eigenvalue weighted by Gasteiger charge is 2.47. The van der Waals surface area contributed by atoms with Gasteiger partial charge >= 0.3 is 11.9 Å². The van der Waals surface area contributed by atoms with Gasteiger partial charge in [-0.3, -0.25) is 4.79 Å². The van der Waals surface area contributed by atoms with Crippen molar-refractivity contribution in [2.45, 2.75) is 48.9 Å². The van der Waals surface area contributed by atoms with Crippen molar-refractivity contribution in [1.82, 2.24) is 19.7 Å². The van der Waals surface area contributed by atoms with E-state index in [9.17, 15) is 23.6 Å². The molecule has 12 nitrogen and oxygen atoms in total. The third kappa shape index (κ3) is 11.4. The van der Waals surface area contributed by atoms with Crippen molar-refractivity contribution < 1.29 is 41.7 Å². The smallest absolute Gasteiger partial charge is 0.339 e. The Morgan fingerprint density at radius 2 is 1.77 bits per heavy atom. The number of carbonyl (C=O) groups is 2. The maximum absolute atomic E-state index is 16.0. The summed E-state index contributed by atoms with van der Waals surface area (Å²) in [6.45, 7) is 1.95. The third-order valence-corrected chi connectivity index (χ3v) is 10.3. The van der Waals surface area contributed by atoms with Crippen LogP contribution < -0.4 is 0 Å². The number of hydrogen-bond donors (Lipinski definition) is 0. The lowest BCUT2D eigenvalue weighted by atomic mass is 9.89. The van der Waals surface area contributed by atoms with Crippen LogP contribution in [0.1, 0.15) is 51.5 Å². The van der Waals surface area contributed by atoms with Crippen LogP contribution >= 0.6 is 11.8 Å². The molecule has 1 saturated heterocycles. The summed E-state index contributed by atoms with van der Waals surface area (Å²) < 4.78 is 69.6. The number of rotatable bonds is 16. The molecule has 0 radical (unpaired) electrons. The van der Waals surface area contributed by atoms with Crippen molar-refractivity contribution in [1.29, 1.82) is 10.5 Å². The molecule has 0 aliphatic carbocycles. The summed E-state index contributed by atoms with van der Waals surface area (Å²) in [6, 6.07) is 15.3. The van der Waals surface area contributed by atoms with E-state index in [2.05, 4.69) is 10.1 Å². The molecular weight excluding hydrogens is 762 g/mol. The largest absolute Gasteiger partial charge is 0.461 e. The molecule has 3 aromatic carbocycles. The van der Waals surface area contributed by atoms with Gasteiger partial charge in [-0.05, 0) is 63.5 Å². The molecule has 0 spiro atoms. The fourth-order valence-corrected chi connectivity index (χ4v) is 7.21. The van der Waals surface area contributed by atoms with Crippen LogP contribution in [0.2, 0.25) is 0 Å². The van der Waals surface area contributed by atoms with Crippen LogP contribution in [0.15, 0.2) is 85.5 Å². The first kappa shape index (κ1) is 42.4. The van der Waals surface area contributed by atoms with E-state index >= 15 is 4.39 Å². The normalized spacial score (nSPS) is 17.2. The van der Waals surface area contributed by atoms with Gasteiger partial charge in [0, 0.05) is 34.6 Å². The van der Waals surface area contributed by atoms with E-state index in [1.165, 1.54) is 65.5 Å². The number of carbonyl (C=O) groups excluding carboxylic acids is 2. The Kier molecular flexibility index (Phi) is 14.8. The second-order valence-corrected chi connectivity index (χ2v) is 14.9. The standard InChI is InChI=1S/C41H39F3N6O6S/c1-27(57-33-22-54-39(55-23-33)7-5-4-6-30-10-8-29(20-46)17-36(30)43)41(24-50-26-47-25-48-50,35-13-12-32(42)18-37(35)44)56-40(52)34-16-28(19-45)9-11-31(34)21-53-38(51)14-15-49(2)3/h4-13,16-18,25-27,33,39H,14-15,21-24H2,1-3H3. The molecule has 5 rings (SSSR count). The number of nitriles is 2. The monoisotopic (exact) mass is 800 g/mol. The number of nitrogens with zero attached hydrogens (tertiary/aromatic N) is 6. The van der Waals surface area contributed by atoms with Crippen molar-refractivity contribution in [3.05, 3.63) is 136 Å². The van der Waals surface area contributed by atoms with E-state index < -0.39 is 46.5 Å². The number of hydrogen-bond acceptors (Lipinski definition) is 12. The first-order valence-electron chi connectivity index (χ1n) is 17.7. The zero-order chi connectivity index (χ0) is 41.0. The summed E-state index contributed by atoms with van der Waals surface area (Å²) in [7, 11) is 3.62. The minimum atomic E-state index is -1.88. The van der Waals surface area contributed by atoms with Crippen LogP contribution in [0.25, 0.3) is 6.08 Å². The molecule has 0 saturated carbocycles. The topological polar surface area (TPSA) is 153 Å². The molecule has 2 atom stereocenters. The summed E-state index contributed by atoms with van der Waals surface area (Å²) >= 11 is 1.28. The molecule has 0 bridgehead atoms. The van der Waals surface area contributed by atoms with E-state index in [4.69, 9.17) is 24.2 Å². The van der Waals surface area contributed by atoms with Crippen molar-refractivity contribution in [3.63, 3.8) is 0 Å². The molecule has 1 fully saturated rings. The number of esters is 2. The lowest BCUT2D eigenvalue weighted by Crippen LogP contribution is -2.47. The Morgan fingerprint density at radius 3 is 2.44 bits per heavy atom. The van der Waals surface area contributed by atoms with Crippen LogP contribution in [0.3, 0.4) is 0 Å². The van der Waals surface area contributed by atoms with Crippen molar-refractivity contribution in [2.24, 2.45) is 0 Å². The third-order valence-electron chi connectivity index (χ3n) is 8.87. The van der Waals surface area contributed by atoms with Gasteiger partial charge in [0.1, 0.15) is 36.7 Å². The minimum Gasteiger partial charge on any atom is -0.461 e. The van der Waals surface area contributed by atoms with E-state index in [0.29, 0.717) is 18.2 Å². The lowest BCUT2D eigenvalue weighted by molar-refractivity contribution is -0.146. The van der Waals surface area contributed by atoms with Crippen molar-refractivity contribution in [2.75, 3.05) is 33.9 Å². The van der Waals surface area contributed by atoms with Gasteiger partial charge in [0.05, 0.1) is 60.3 Å². The predicted octanol–water partition coefficient (Wildman–Crippen LogP) is 6.32. The second-order valence-electron chi connectivity index (χ2n) is 13.2. The van der Waals surface area contributed by atoms with Gasteiger partial charge in [-0.1, -0.05) is 30.4 Å². The number of aromatic nitrogens is 3. The molecule has 4 aromatic rings. The molecule has 1 aliphatic rings.